The molecule has 3 nitrogen and oxygen atoms in total. The number of aromatic nitrogens is 1. The first kappa shape index (κ1) is 12.4. The monoisotopic (exact) mass is 242 g/mol. The number of nitrogens with zero attached hydrogens (tertiary/aromatic N) is 1. The average Bonchev–Trinajstić information content (AvgIpc) is 2.32. The Labute approximate surface area is 108 Å². The lowest BCUT2D eigenvalue weighted by Gasteiger charge is -2.14. The first-order valence-electron chi connectivity index (χ1n) is 6.06. The number of rotatable bonds is 3. The molecule has 1 heterocycles. The first-order chi connectivity index (χ1) is 8.56. The van der Waals surface area contributed by atoms with Crippen molar-refractivity contribution in [2.75, 3.05) is 5.73 Å². The average molecular weight is 242 g/mol. The number of benzene rings is 1. The second-order valence-electron chi connectivity index (χ2n) is 4.73. The highest BCUT2D eigenvalue weighted by atomic mass is 16.5. The van der Waals surface area contributed by atoms with Gasteiger partial charge in [0.2, 0.25) is 5.88 Å². The van der Waals surface area contributed by atoms with Gasteiger partial charge in [-0.2, -0.15) is 0 Å². The molecule has 0 amide bonds. The number of hydrogen-bond acceptors (Lipinski definition) is 3. The zero-order valence-corrected chi connectivity index (χ0v) is 11.0. The lowest BCUT2D eigenvalue weighted by atomic mass is 10.0. The summed E-state index contributed by atoms with van der Waals surface area (Å²) in [6.07, 6.45) is 1.60. The molecule has 3 heteroatoms. The van der Waals surface area contributed by atoms with Gasteiger partial charge in [-0.05, 0) is 36.1 Å². The fourth-order valence-corrected chi connectivity index (χ4v) is 1.77. The van der Waals surface area contributed by atoms with Crippen LogP contribution in [0.3, 0.4) is 0 Å². The second-order valence-corrected chi connectivity index (χ2v) is 4.73. The molecule has 2 aromatic rings. The lowest BCUT2D eigenvalue weighted by molar-refractivity contribution is 0.454. The van der Waals surface area contributed by atoms with Crippen molar-refractivity contribution in [2.45, 2.75) is 26.7 Å². The van der Waals surface area contributed by atoms with E-state index in [1.807, 2.05) is 13.0 Å². The normalized spacial score (nSPS) is 10.7. The molecule has 0 saturated heterocycles. The maximum absolute atomic E-state index is 5.84. The van der Waals surface area contributed by atoms with E-state index < -0.39 is 0 Å². The van der Waals surface area contributed by atoms with Crippen LogP contribution >= 0.6 is 0 Å². The van der Waals surface area contributed by atoms with E-state index in [-0.39, 0.29) is 0 Å². The van der Waals surface area contributed by atoms with Gasteiger partial charge in [-0.3, -0.25) is 0 Å². The summed E-state index contributed by atoms with van der Waals surface area (Å²) in [6.45, 7) is 6.34. The minimum absolute atomic E-state index is 0.411. The summed E-state index contributed by atoms with van der Waals surface area (Å²) < 4.78 is 5.84. The molecule has 0 aliphatic carbocycles. The molecule has 0 saturated carbocycles. The summed E-state index contributed by atoms with van der Waals surface area (Å²) in [5.41, 5.74) is 8.59. The third kappa shape index (κ3) is 2.80. The third-order valence-electron chi connectivity index (χ3n) is 2.76. The highest BCUT2D eigenvalue weighted by Gasteiger charge is 2.09. The van der Waals surface area contributed by atoms with E-state index in [4.69, 9.17) is 10.5 Å². The van der Waals surface area contributed by atoms with E-state index in [9.17, 15) is 0 Å². The van der Waals surface area contributed by atoms with Gasteiger partial charge >= 0.3 is 0 Å². The van der Waals surface area contributed by atoms with Gasteiger partial charge in [0.25, 0.3) is 0 Å². The van der Waals surface area contributed by atoms with Crippen LogP contribution in [-0.2, 0) is 0 Å². The summed E-state index contributed by atoms with van der Waals surface area (Å²) in [4.78, 5) is 4.16. The molecule has 2 rings (SSSR count). The molecule has 0 aliphatic heterocycles. The van der Waals surface area contributed by atoms with Crippen molar-refractivity contribution in [3.05, 3.63) is 47.7 Å². The van der Waals surface area contributed by atoms with Crippen LogP contribution in [0, 0.1) is 6.92 Å². The van der Waals surface area contributed by atoms with Gasteiger partial charge in [0, 0.05) is 6.07 Å². The van der Waals surface area contributed by atoms with Crippen LogP contribution in [-0.4, -0.2) is 4.98 Å². The minimum Gasteiger partial charge on any atom is -0.439 e. The van der Waals surface area contributed by atoms with Gasteiger partial charge in [-0.25, -0.2) is 4.98 Å². The Kier molecular flexibility index (Phi) is 3.51. The van der Waals surface area contributed by atoms with Crippen molar-refractivity contribution in [1.82, 2.24) is 4.98 Å². The van der Waals surface area contributed by atoms with Crippen LogP contribution in [0.5, 0.6) is 11.6 Å². The predicted molar refractivity (Wildman–Crippen MR) is 74.0 cm³/mol. The van der Waals surface area contributed by atoms with Gasteiger partial charge < -0.3 is 10.5 Å². The standard InChI is InChI=1S/C15H18N2O/c1-10(2)13-6-4-11(3)8-14(13)18-15-7-5-12(16)9-17-15/h4-10H,16H2,1-3H3. The van der Waals surface area contributed by atoms with E-state index in [0.717, 1.165) is 5.75 Å². The molecule has 0 atom stereocenters. The number of anilines is 1. The van der Waals surface area contributed by atoms with Crippen molar-refractivity contribution >= 4 is 5.69 Å². The zero-order chi connectivity index (χ0) is 13.1. The van der Waals surface area contributed by atoms with Crippen molar-refractivity contribution in [3.63, 3.8) is 0 Å². The fraction of sp³-hybridized carbons (Fsp3) is 0.267. The third-order valence-corrected chi connectivity index (χ3v) is 2.76. The molecular weight excluding hydrogens is 224 g/mol. The smallest absolute Gasteiger partial charge is 0.219 e. The fourth-order valence-electron chi connectivity index (χ4n) is 1.77. The van der Waals surface area contributed by atoms with Crippen LogP contribution in [0.15, 0.2) is 36.5 Å². The summed E-state index contributed by atoms with van der Waals surface area (Å²) in [5.74, 6) is 1.84. The molecule has 0 aliphatic rings. The topological polar surface area (TPSA) is 48.1 Å². The molecule has 0 unspecified atom stereocenters. The summed E-state index contributed by atoms with van der Waals surface area (Å²) in [7, 11) is 0. The van der Waals surface area contributed by atoms with Crippen LogP contribution in [0.4, 0.5) is 5.69 Å². The van der Waals surface area contributed by atoms with Gasteiger partial charge in [0.05, 0.1) is 11.9 Å². The largest absolute Gasteiger partial charge is 0.439 e. The number of ether oxygens (including phenoxy) is 1. The Hall–Kier alpha value is -2.03. The number of pyridine rings is 1. The molecule has 0 radical (unpaired) electrons. The maximum Gasteiger partial charge on any atom is 0.219 e. The Morgan fingerprint density at radius 2 is 1.94 bits per heavy atom. The first-order valence-corrected chi connectivity index (χ1v) is 6.06. The lowest BCUT2D eigenvalue weighted by Crippen LogP contribution is -1.96. The molecular formula is C15H18N2O. The van der Waals surface area contributed by atoms with Crippen LogP contribution in [0.1, 0.15) is 30.9 Å². The zero-order valence-electron chi connectivity index (χ0n) is 11.0. The molecule has 0 spiro atoms. The molecule has 0 bridgehead atoms. The quantitative estimate of drug-likeness (QED) is 0.888. The van der Waals surface area contributed by atoms with Crippen molar-refractivity contribution in [3.8, 4) is 11.6 Å². The van der Waals surface area contributed by atoms with Gasteiger partial charge in [-0.15, -0.1) is 0 Å². The molecule has 2 N–H and O–H groups in total. The minimum atomic E-state index is 0.411. The van der Waals surface area contributed by atoms with Crippen molar-refractivity contribution < 1.29 is 4.74 Å². The van der Waals surface area contributed by atoms with E-state index in [1.54, 1.807) is 18.3 Å². The number of nitrogens with two attached hydrogens (primary N) is 1. The summed E-state index contributed by atoms with van der Waals surface area (Å²) in [5, 5.41) is 0. The Morgan fingerprint density at radius 1 is 1.17 bits per heavy atom. The molecule has 94 valence electrons. The summed E-state index contributed by atoms with van der Waals surface area (Å²) in [6, 6.07) is 9.80. The molecule has 18 heavy (non-hydrogen) atoms. The van der Waals surface area contributed by atoms with E-state index in [0.29, 0.717) is 17.5 Å². The van der Waals surface area contributed by atoms with Crippen molar-refractivity contribution in [2.24, 2.45) is 0 Å². The van der Waals surface area contributed by atoms with E-state index in [2.05, 4.69) is 31.0 Å². The van der Waals surface area contributed by atoms with Gasteiger partial charge in [0.15, 0.2) is 0 Å². The Balaban J connectivity index is 2.32. The SMILES string of the molecule is Cc1ccc(C(C)C)c(Oc2ccc(N)cn2)c1. The highest BCUT2D eigenvalue weighted by molar-refractivity contribution is 5.42. The maximum atomic E-state index is 5.84. The summed E-state index contributed by atoms with van der Waals surface area (Å²) >= 11 is 0. The Morgan fingerprint density at radius 3 is 2.56 bits per heavy atom. The van der Waals surface area contributed by atoms with Crippen LogP contribution < -0.4 is 10.5 Å². The molecule has 1 aromatic heterocycles. The number of hydrogen-bond donors (Lipinski definition) is 1. The van der Waals surface area contributed by atoms with Gasteiger partial charge in [0.1, 0.15) is 5.75 Å². The molecule has 0 fully saturated rings. The second kappa shape index (κ2) is 5.08. The highest BCUT2D eigenvalue weighted by Crippen LogP contribution is 2.30. The predicted octanol–water partition coefficient (Wildman–Crippen LogP) is 3.89. The number of nitrogen functional groups attached to an aromatic ring is 1. The van der Waals surface area contributed by atoms with Crippen molar-refractivity contribution in [1.29, 1.82) is 0 Å². The van der Waals surface area contributed by atoms with Gasteiger partial charge in [-0.1, -0.05) is 26.0 Å². The van der Waals surface area contributed by atoms with E-state index in [1.165, 1.54) is 11.1 Å². The molecule has 1 aromatic carbocycles. The number of aryl methyl sites for hydroxylation is 1. The van der Waals surface area contributed by atoms with Crippen LogP contribution in [0.2, 0.25) is 0 Å². The van der Waals surface area contributed by atoms with E-state index >= 15 is 0 Å². The Bertz CT molecular complexity index is 533. The van der Waals surface area contributed by atoms with Crippen LogP contribution in [0.25, 0.3) is 0 Å².